The molecular weight excluding hydrogens is 553 g/mol. The summed E-state index contributed by atoms with van der Waals surface area (Å²) in [6, 6.07) is 56.8. The van der Waals surface area contributed by atoms with E-state index in [2.05, 4.69) is 158 Å². The molecular formula is C41H26N2S. The first-order valence-electron chi connectivity index (χ1n) is 14.9. The molecule has 0 bridgehead atoms. The monoisotopic (exact) mass is 578 g/mol. The zero-order chi connectivity index (χ0) is 29.1. The molecule has 0 amide bonds. The maximum absolute atomic E-state index is 5.30. The largest absolute Gasteiger partial charge is 0.214 e. The molecule has 0 aliphatic heterocycles. The van der Waals surface area contributed by atoms with Gasteiger partial charge < -0.3 is 0 Å². The molecule has 0 N–H and O–H groups in total. The zero-order valence-corrected chi connectivity index (χ0v) is 24.6. The molecule has 0 spiro atoms. The summed E-state index contributed by atoms with van der Waals surface area (Å²) < 4.78 is 5.03. The first-order chi connectivity index (χ1) is 21.8. The summed E-state index contributed by atoms with van der Waals surface area (Å²) in [6.07, 6.45) is 0. The molecule has 8 aromatic rings. The fourth-order valence-electron chi connectivity index (χ4n) is 7.36. The van der Waals surface area contributed by atoms with Crippen molar-refractivity contribution in [3.63, 3.8) is 0 Å². The van der Waals surface area contributed by atoms with Crippen LogP contribution in [-0.2, 0) is 5.41 Å². The van der Waals surface area contributed by atoms with Gasteiger partial charge in [0.05, 0.1) is 5.41 Å². The van der Waals surface area contributed by atoms with E-state index >= 15 is 0 Å². The van der Waals surface area contributed by atoms with Crippen LogP contribution in [0, 0.1) is 0 Å². The predicted octanol–water partition coefficient (Wildman–Crippen LogP) is 10.5. The number of aromatic nitrogens is 2. The Morgan fingerprint density at radius 2 is 1.00 bits per heavy atom. The van der Waals surface area contributed by atoms with Crippen LogP contribution in [0.3, 0.4) is 0 Å². The first-order valence-corrected chi connectivity index (χ1v) is 15.7. The van der Waals surface area contributed by atoms with E-state index in [0.717, 1.165) is 22.0 Å². The quantitative estimate of drug-likeness (QED) is 0.194. The van der Waals surface area contributed by atoms with E-state index in [-0.39, 0.29) is 0 Å². The zero-order valence-electron chi connectivity index (χ0n) is 23.8. The molecule has 3 heteroatoms. The Balaban J connectivity index is 1.32. The molecule has 0 atom stereocenters. The highest BCUT2D eigenvalue weighted by Gasteiger charge is 2.46. The number of nitrogens with zero attached hydrogens (tertiary/aromatic N) is 2. The van der Waals surface area contributed by atoms with Crippen molar-refractivity contribution in [1.29, 1.82) is 0 Å². The number of hydrogen-bond acceptors (Lipinski definition) is 3. The Bertz CT molecular complexity index is 2240. The fourth-order valence-corrected chi connectivity index (χ4v) is 8.06. The molecule has 0 saturated heterocycles. The van der Waals surface area contributed by atoms with Gasteiger partial charge >= 0.3 is 0 Å². The van der Waals surface area contributed by atoms with Gasteiger partial charge in [0.15, 0.2) is 5.82 Å². The second-order valence-electron chi connectivity index (χ2n) is 11.4. The van der Waals surface area contributed by atoms with Crippen LogP contribution in [0.15, 0.2) is 158 Å². The average molecular weight is 579 g/mol. The second kappa shape index (κ2) is 9.84. The molecule has 206 valence electrons. The molecule has 7 aromatic carbocycles. The van der Waals surface area contributed by atoms with Crippen LogP contribution >= 0.6 is 11.5 Å². The van der Waals surface area contributed by atoms with Gasteiger partial charge in [0.25, 0.3) is 0 Å². The number of hydrogen-bond donors (Lipinski definition) is 0. The van der Waals surface area contributed by atoms with Crippen molar-refractivity contribution < 1.29 is 0 Å². The van der Waals surface area contributed by atoms with Gasteiger partial charge in [0.2, 0.25) is 0 Å². The van der Waals surface area contributed by atoms with Gasteiger partial charge in [-0.25, -0.2) is 4.98 Å². The lowest BCUT2D eigenvalue weighted by atomic mass is 9.67. The second-order valence-corrected chi connectivity index (χ2v) is 12.1. The Morgan fingerprint density at radius 3 is 1.68 bits per heavy atom. The summed E-state index contributed by atoms with van der Waals surface area (Å²) >= 11 is 1.49. The van der Waals surface area contributed by atoms with Gasteiger partial charge in [-0.2, -0.15) is 4.37 Å². The minimum atomic E-state index is -0.441. The summed E-state index contributed by atoms with van der Waals surface area (Å²) in [6.45, 7) is 0. The highest BCUT2D eigenvalue weighted by molar-refractivity contribution is 7.09. The van der Waals surface area contributed by atoms with E-state index in [9.17, 15) is 0 Å². The average Bonchev–Trinajstić information content (AvgIpc) is 3.70. The molecule has 1 heterocycles. The van der Waals surface area contributed by atoms with Crippen molar-refractivity contribution in [2.45, 2.75) is 5.41 Å². The molecule has 0 saturated carbocycles. The van der Waals surface area contributed by atoms with Crippen molar-refractivity contribution in [3.8, 4) is 33.1 Å². The fraction of sp³-hybridized carbons (Fsp3) is 0.0244. The van der Waals surface area contributed by atoms with Gasteiger partial charge in [0, 0.05) is 11.1 Å². The van der Waals surface area contributed by atoms with Crippen molar-refractivity contribution in [3.05, 3.63) is 180 Å². The SMILES string of the molecule is c1ccc(C2(c3ccccc3)c3ccccc3-c3c(-c4nc(-c5c6ccccc6cc6ccccc56)ns4)cccc32)cc1. The molecule has 9 rings (SSSR count). The molecule has 0 fully saturated rings. The number of fused-ring (bicyclic) bond motifs is 5. The summed E-state index contributed by atoms with van der Waals surface area (Å²) in [5.41, 5.74) is 9.35. The molecule has 0 unspecified atom stereocenters. The third-order valence-corrected chi connectivity index (χ3v) is 9.88. The Labute approximate surface area is 260 Å². The maximum atomic E-state index is 5.30. The molecule has 2 nitrogen and oxygen atoms in total. The van der Waals surface area contributed by atoms with E-state index in [1.54, 1.807) is 0 Å². The summed E-state index contributed by atoms with van der Waals surface area (Å²) in [5, 5.41) is 5.67. The van der Waals surface area contributed by atoms with Gasteiger partial charge in [-0.1, -0.05) is 152 Å². The number of rotatable bonds is 4. The molecule has 1 aromatic heterocycles. The third kappa shape index (κ3) is 3.54. The van der Waals surface area contributed by atoms with E-state index in [1.165, 1.54) is 66.5 Å². The Hall–Kier alpha value is -5.38. The van der Waals surface area contributed by atoms with Crippen LogP contribution in [0.2, 0.25) is 0 Å². The van der Waals surface area contributed by atoms with Crippen molar-refractivity contribution in [2.75, 3.05) is 0 Å². The smallest absolute Gasteiger partial charge is 0.174 e. The van der Waals surface area contributed by atoms with Gasteiger partial charge in [0.1, 0.15) is 5.01 Å². The third-order valence-electron chi connectivity index (χ3n) is 9.13. The van der Waals surface area contributed by atoms with Gasteiger partial charge in [-0.05, 0) is 72.5 Å². The molecule has 1 aliphatic rings. The minimum absolute atomic E-state index is 0.441. The summed E-state index contributed by atoms with van der Waals surface area (Å²) in [4.78, 5) is 5.30. The van der Waals surface area contributed by atoms with Crippen molar-refractivity contribution in [2.24, 2.45) is 0 Å². The molecule has 0 radical (unpaired) electrons. The Morgan fingerprint density at radius 1 is 0.455 bits per heavy atom. The van der Waals surface area contributed by atoms with Crippen molar-refractivity contribution in [1.82, 2.24) is 9.36 Å². The van der Waals surface area contributed by atoms with Crippen LogP contribution in [0.4, 0.5) is 0 Å². The maximum Gasteiger partial charge on any atom is 0.174 e. The number of benzene rings is 7. The molecule has 1 aliphatic carbocycles. The lowest BCUT2D eigenvalue weighted by molar-refractivity contribution is 0.768. The van der Waals surface area contributed by atoms with Crippen molar-refractivity contribution >= 4 is 33.1 Å². The summed E-state index contributed by atoms with van der Waals surface area (Å²) in [5.74, 6) is 0.777. The predicted molar refractivity (Wildman–Crippen MR) is 183 cm³/mol. The van der Waals surface area contributed by atoms with Gasteiger partial charge in [-0.15, -0.1) is 0 Å². The standard InChI is InChI=1S/C41H26N2S/c1-3-16-29(17-4-1)41(30-18-5-2-6-19-30)35-24-12-11-22-33(35)37-34(23-13-25-36(37)41)40-42-39(43-44-40)38-31-20-9-7-14-27(31)26-28-15-8-10-21-32(28)38/h1-26H. The lowest BCUT2D eigenvalue weighted by Crippen LogP contribution is -2.28. The minimum Gasteiger partial charge on any atom is -0.214 e. The van der Waals surface area contributed by atoms with Crippen LogP contribution in [-0.4, -0.2) is 9.36 Å². The van der Waals surface area contributed by atoms with E-state index in [1.807, 2.05) is 0 Å². The van der Waals surface area contributed by atoms with Crippen LogP contribution in [0.1, 0.15) is 22.3 Å². The topological polar surface area (TPSA) is 25.8 Å². The van der Waals surface area contributed by atoms with Crippen LogP contribution in [0.5, 0.6) is 0 Å². The Kier molecular flexibility index (Phi) is 5.62. The van der Waals surface area contributed by atoms with E-state index < -0.39 is 5.41 Å². The highest BCUT2D eigenvalue weighted by Crippen LogP contribution is 2.58. The van der Waals surface area contributed by atoms with E-state index in [0.29, 0.717) is 0 Å². The van der Waals surface area contributed by atoms with Crippen LogP contribution < -0.4 is 0 Å². The normalized spacial score (nSPS) is 13.2. The van der Waals surface area contributed by atoms with Gasteiger partial charge in [-0.3, -0.25) is 0 Å². The molecule has 44 heavy (non-hydrogen) atoms. The first kappa shape index (κ1) is 25.1. The van der Waals surface area contributed by atoms with E-state index in [4.69, 9.17) is 9.36 Å². The highest BCUT2D eigenvalue weighted by atomic mass is 32.1. The summed E-state index contributed by atoms with van der Waals surface area (Å²) in [7, 11) is 0. The lowest BCUT2D eigenvalue weighted by Gasteiger charge is -2.33. The van der Waals surface area contributed by atoms with Crippen LogP contribution in [0.25, 0.3) is 54.6 Å².